The lowest BCUT2D eigenvalue weighted by Gasteiger charge is -2.28. The van der Waals surface area contributed by atoms with Crippen LogP contribution in [-0.2, 0) is 51.7 Å². The van der Waals surface area contributed by atoms with Crippen LogP contribution in [0.15, 0.2) is 112 Å². The van der Waals surface area contributed by atoms with Gasteiger partial charge in [-0.1, -0.05) is 98.9 Å². The number of aldehydes is 1. The number of piperidine rings is 6. The van der Waals surface area contributed by atoms with Crippen molar-refractivity contribution in [3.8, 4) is 34.5 Å². The van der Waals surface area contributed by atoms with Crippen LogP contribution in [0, 0.1) is 42.4 Å². The molecule has 0 atom stereocenters. The summed E-state index contributed by atoms with van der Waals surface area (Å²) in [5.41, 5.74) is 16.4. The van der Waals surface area contributed by atoms with E-state index in [1.807, 2.05) is 63.3 Å². The molecule has 0 bridgehead atoms. The molecule has 0 spiro atoms. The van der Waals surface area contributed by atoms with Crippen molar-refractivity contribution in [1.82, 2.24) is 75.5 Å². The van der Waals surface area contributed by atoms with E-state index in [1.165, 1.54) is 175 Å². The van der Waals surface area contributed by atoms with Crippen LogP contribution in [0.2, 0.25) is 0 Å². The van der Waals surface area contributed by atoms with Crippen LogP contribution in [0.4, 0.5) is 0 Å². The van der Waals surface area contributed by atoms with Gasteiger partial charge in [-0.3, -0.25) is 4.79 Å². The molecule has 0 amide bonds. The number of hydrogen-bond acceptors (Lipinski definition) is 28. The Kier molecular flexibility index (Phi) is 42.5. The van der Waals surface area contributed by atoms with Gasteiger partial charge in [-0.05, 0) is 396 Å². The molecule has 12 aromatic rings. The summed E-state index contributed by atoms with van der Waals surface area (Å²) < 4.78 is 66.2. The number of carbonyl (C=O) groups is 1. The highest BCUT2D eigenvalue weighted by Crippen LogP contribution is 2.41. The number of fused-ring (bicyclic) bond motifs is 6. The van der Waals surface area contributed by atoms with Crippen molar-refractivity contribution in [3.05, 3.63) is 152 Å². The van der Waals surface area contributed by atoms with E-state index in [1.54, 1.807) is 48.7 Å². The maximum atomic E-state index is 11.0. The summed E-state index contributed by atoms with van der Waals surface area (Å²) in [5, 5.41) is 35.2. The van der Waals surface area contributed by atoms with Gasteiger partial charge in [0.2, 0.25) is 33.5 Å². The molecular formula is C112H163N15O13. The van der Waals surface area contributed by atoms with Crippen LogP contribution in [0.25, 0.3) is 78.0 Å². The largest absolute Gasteiger partial charge is 0.492 e. The Morgan fingerprint density at radius 1 is 0.329 bits per heavy atom. The summed E-state index contributed by atoms with van der Waals surface area (Å²) in [6.07, 6.45) is 36.5. The minimum Gasteiger partial charge on any atom is -0.492 e. The number of ether oxygens (including phenoxy) is 6. The molecule has 1 N–H and O–H groups in total. The molecule has 6 saturated heterocycles. The van der Waals surface area contributed by atoms with E-state index in [0.717, 1.165) is 258 Å². The van der Waals surface area contributed by atoms with Gasteiger partial charge in [0.15, 0.2) is 40.8 Å². The number of rotatable bonds is 31. The first kappa shape index (κ1) is 109. The van der Waals surface area contributed by atoms with Crippen molar-refractivity contribution in [2.45, 2.75) is 195 Å². The second-order valence-corrected chi connectivity index (χ2v) is 40.4. The smallest absolute Gasteiger partial charge is 0.209 e. The highest BCUT2D eigenvalue weighted by atomic mass is 16.5. The number of carbonyl (C=O) groups excluding carboxylic acids is 1. The van der Waals surface area contributed by atoms with Crippen LogP contribution in [0.5, 0.6) is 34.5 Å². The summed E-state index contributed by atoms with van der Waals surface area (Å²) >= 11 is 0. The first-order valence-electron chi connectivity index (χ1n) is 51.3. The zero-order chi connectivity index (χ0) is 99.7. The number of benzene rings is 6. The van der Waals surface area contributed by atoms with Gasteiger partial charge in [0.25, 0.3) is 0 Å². The third kappa shape index (κ3) is 29.7. The second kappa shape index (κ2) is 54.8. The van der Waals surface area contributed by atoms with Crippen LogP contribution < -0.4 is 33.7 Å². The predicted molar refractivity (Wildman–Crippen MR) is 564 cm³/mol. The van der Waals surface area contributed by atoms with Gasteiger partial charge < -0.3 is 100 Å². The molecule has 6 aliphatic rings. The molecule has 140 heavy (non-hydrogen) atoms. The first-order valence-corrected chi connectivity index (χ1v) is 51.3. The highest BCUT2D eigenvalue weighted by Gasteiger charge is 2.29. The molecule has 0 radical (unpaired) electrons. The van der Waals surface area contributed by atoms with Gasteiger partial charge in [-0.2, -0.15) is 0 Å². The van der Waals surface area contributed by atoms with Gasteiger partial charge in [-0.25, -0.2) is 0 Å². The maximum absolute atomic E-state index is 11.0. The Labute approximate surface area is 831 Å². The van der Waals surface area contributed by atoms with Crippen molar-refractivity contribution >= 4 is 84.3 Å². The minimum atomic E-state index is 0.477. The Hall–Kier alpha value is -10.3. The fourth-order valence-corrected chi connectivity index (χ4v) is 20.5. The second-order valence-electron chi connectivity index (χ2n) is 40.4. The topological polar surface area (TPSA) is 267 Å². The van der Waals surface area contributed by atoms with Crippen molar-refractivity contribution in [3.63, 3.8) is 0 Å². The number of nitrogens with one attached hydrogen (secondary N) is 1. The van der Waals surface area contributed by atoms with Crippen molar-refractivity contribution in [2.24, 2.45) is 35.5 Å². The molecule has 12 heterocycles. The third-order valence-electron chi connectivity index (χ3n) is 29.1. The van der Waals surface area contributed by atoms with E-state index in [4.69, 9.17) is 55.6 Å². The number of hydrogen-bond donors (Lipinski definition) is 1. The van der Waals surface area contributed by atoms with Gasteiger partial charge in [0.05, 0.1) is 82.4 Å². The molecule has 0 aliphatic carbocycles. The van der Waals surface area contributed by atoms with E-state index >= 15 is 0 Å². The molecule has 6 aromatic heterocycles. The normalized spacial score (nSPS) is 16.9. The Morgan fingerprint density at radius 2 is 0.564 bits per heavy atom. The lowest BCUT2D eigenvalue weighted by molar-refractivity contribution is 0.112. The van der Waals surface area contributed by atoms with Crippen LogP contribution in [0.3, 0.4) is 0 Å². The maximum Gasteiger partial charge on any atom is 0.209 e. The van der Waals surface area contributed by atoms with E-state index in [9.17, 15) is 4.79 Å². The Balaban J connectivity index is 0.000000148. The standard InChI is InChI=1S/2C19H29N3O2.C19H26N2O2.C18H27N3O2.C17H22N2O3.C12H13NO2.C8H17N/c2*1-21(2)13-15-6-7-16-17(20-24-19(16)18(15)23-4)8-5-14-9-11-22(3)12-10-14;1-4-5-15-7-8-16-17(20-23-19(16)18(15)22-3)9-6-14-10-12-21(2)13-11-14;1-21(2)12-14-5-6-15-16(20-23-18(15)17(14)22-3)7-4-13-8-10-19-11-9-13;1-19-9-7-12(8-10-19)3-6-15-14-5-4-13(11-20)16(21-2)17(14)22-18-15;1-4-5-9-6-7-10-8(2)13-15-12(10)11(9)14-3;1-3-8-4-6-9(2)7-5-8/h2*6-7,14H,5,8-13H2,1-4H3;4-5,7-8,14H,6,9-13H2,1-3H3;5-6,13,19H,4,7-12H2,1-3H3;4-5,11-12H,3,6-10H2,1-2H3;4-7H,1-3H3;8H,3-7H2,1-2H3. The van der Waals surface area contributed by atoms with Gasteiger partial charge in [0, 0.05) is 79.8 Å². The molecule has 0 unspecified atom stereocenters. The number of aryl methyl sites for hydroxylation is 6. The summed E-state index contributed by atoms with van der Waals surface area (Å²) in [6, 6.07) is 24.7. The summed E-state index contributed by atoms with van der Waals surface area (Å²) in [5.74, 6) is 9.47. The fourth-order valence-electron chi connectivity index (χ4n) is 20.5. The number of likely N-dealkylation sites (tertiary alicyclic amines) is 5. The molecule has 28 nitrogen and oxygen atoms in total. The molecular weight excluding hydrogens is 1760 g/mol. The molecule has 6 fully saturated rings. The van der Waals surface area contributed by atoms with E-state index in [0.29, 0.717) is 22.5 Å². The third-order valence-corrected chi connectivity index (χ3v) is 29.1. The van der Waals surface area contributed by atoms with E-state index in [-0.39, 0.29) is 0 Å². The Morgan fingerprint density at radius 3 is 0.829 bits per heavy atom. The summed E-state index contributed by atoms with van der Waals surface area (Å²) in [7, 11) is 33.3. The quantitative estimate of drug-likeness (QED) is 0.0396. The van der Waals surface area contributed by atoms with Gasteiger partial charge in [0.1, 0.15) is 0 Å². The monoisotopic (exact) mass is 1930 g/mol. The van der Waals surface area contributed by atoms with Crippen LogP contribution in [0.1, 0.15) is 209 Å². The van der Waals surface area contributed by atoms with Crippen molar-refractivity contribution in [1.29, 1.82) is 0 Å². The molecule has 6 aliphatic heterocycles. The van der Waals surface area contributed by atoms with Crippen molar-refractivity contribution < 1.29 is 60.4 Å². The average molecular weight is 1930 g/mol. The lowest BCUT2D eigenvalue weighted by Crippen LogP contribution is -2.30. The van der Waals surface area contributed by atoms with Gasteiger partial charge >= 0.3 is 0 Å². The zero-order valence-electron chi connectivity index (χ0n) is 88.2. The first-order chi connectivity index (χ1) is 67.9. The average Bonchev–Trinajstić information content (AvgIpc) is 1.64. The molecule has 28 heteroatoms. The predicted octanol–water partition coefficient (Wildman–Crippen LogP) is 21.2. The minimum absolute atomic E-state index is 0.477. The summed E-state index contributed by atoms with van der Waals surface area (Å²) in [4.78, 5) is 29.5. The zero-order valence-corrected chi connectivity index (χ0v) is 88.2. The molecule has 764 valence electrons. The van der Waals surface area contributed by atoms with E-state index < -0.39 is 0 Å². The molecule has 0 saturated carbocycles. The molecule has 6 aromatic carbocycles. The fraction of sp³-hybridized carbons (Fsp3) is 0.580. The SMILES string of the molecule is CC=Cc1ccc2c(C)noc2c1OC.CC=Cc1ccc2c(CCC3CCN(C)CC3)noc2c1OC.CCC1CCN(C)CC1.COc1c(C=O)ccc2c(CCC3CCN(C)CC3)noc12.COc1c(CN(C)C)ccc2c(CCC3CCN(C)CC3)noc12.COc1c(CN(C)C)ccc2c(CCC3CCN(C)CC3)noc12.COc1c(CN(C)C)ccc2c(CCC3CCNCC3)noc12. The van der Waals surface area contributed by atoms with Gasteiger partial charge in [-0.15, -0.1) is 0 Å². The summed E-state index contributed by atoms with van der Waals surface area (Å²) in [6.45, 7) is 25.2. The Bertz CT molecular complexity index is 5700. The van der Waals surface area contributed by atoms with Crippen LogP contribution in [-0.4, -0.2) is 275 Å². The highest BCUT2D eigenvalue weighted by molar-refractivity contribution is 5.95. The number of allylic oxidation sites excluding steroid dienone is 2. The number of methoxy groups -OCH3 is 6. The number of nitrogens with zero attached hydrogens (tertiary/aromatic N) is 14. The number of aromatic nitrogens is 6. The molecule has 18 rings (SSSR count). The lowest BCUT2D eigenvalue weighted by atomic mass is 9.91. The van der Waals surface area contributed by atoms with Crippen LogP contribution >= 0.6 is 0 Å². The van der Waals surface area contributed by atoms with E-state index in [2.05, 4.69) is 208 Å². The van der Waals surface area contributed by atoms with Crippen molar-refractivity contribution in [2.75, 3.05) is 199 Å².